The van der Waals surface area contributed by atoms with Crippen molar-refractivity contribution in [2.24, 2.45) is 0 Å². The third-order valence-electron chi connectivity index (χ3n) is 2.10. The highest BCUT2D eigenvalue weighted by Gasteiger charge is 2.37. The molecule has 0 saturated heterocycles. The molecule has 1 aromatic rings. The van der Waals surface area contributed by atoms with E-state index in [1.54, 1.807) is 0 Å². The molecule has 1 rings (SSSR count). The summed E-state index contributed by atoms with van der Waals surface area (Å²) in [4.78, 5) is 10.1. The van der Waals surface area contributed by atoms with Crippen LogP contribution < -0.4 is 5.32 Å². The van der Waals surface area contributed by atoms with Crippen molar-refractivity contribution >= 4 is 18.4 Å². The van der Waals surface area contributed by atoms with Gasteiger partial charge in [0.25, 0.3) is 0 Å². The van der Waals surface area contributed by atoms with Gasteiger partial charge in [0, 0.05) is 19.5 Å². The smallest absolute Gasteiger partial charge is 0.374 e. The SMILES string of the molecule is Cl.O=C(O)C(F)(F)CCNCc1ccccc1. The van der Waals surface area contributed by atoms with Crippen molar-refractivity contribution in [2.75, 3.05) is 6.54 Å². The molecule has 0 saturated carbocycles. The van der Waals surface area contributed by atoms with Crippen LogP contribution in [0.2, 0.25) is 0 Å². The molecule has 0 fully saturated rings. The molecule has 0 unspecified atom stereocenters. The van der Waals surface area contributed by atoms with E-state index >= 15 is 0 Å². The number of rotatable bonds is 6. The summed E-state index contributed by atoms with van der Waals surface area (Å²) in [5.74, 6) is -5.72. The van der Waals surface area contributed by atoms with E-state index < -0.39 is 18.3 Å². The molecular formula is C11H14ClF2NO2. The first-order valence-corrected chi connectivity index (χ1v) is 4.88. The quantitative estimate of drug-likeness (QED) is 0.776. The van der Waals surface area contributed by atoms with Crippen molar-refractivity contribution in [3.05, 3.63) is 35.9 Å². The molecule has 0 bridgehead atoms. The topological polar surface area (TPSA) is 49.3 Å². The Bertz CT molecular complexity index is 347. The van der Waals surface area contributed by atoms with E-state index in [0.29, 0.717) is 6.54 Å². The number of alkyl halides is 2. The maximum atomic E-state index is 12.6. The van der Waals surface area contributed by atoms with Gasteiger partial charge in [-0.2, -0.15) is 8.78 Å². The fraction of sp³-hybridized carbons (Fsp3) is 0.364. The van der Waals surface area contributed by atoms with Crippen molar-refractivity contribution < 1.29 is 18.7 Å². The summed E-state index contributed by atoms with van der Waals surface area (Å²) in [5.41, 5.74) is 0.973. The molecule has 0 aliphatic rings. The molecular weight excluding hydrogens is 252 g/mol. The Kier molecular flexibility index (Phi) is 6.68. The number of aliphatic carboxylic acids is 1. The number of hydrogen-bond acceptors (Lipinski definition) is 2. The van der Waals surface area contributed by atoms with Gasteiger partial charge in [-0.15, -0.1) is 12.4 Å². The summed E-state index contributed by atoms with van der Waals surface area (Å²) in [5, 5.41) is 10.9. The van der Waals surface area contributed by atoms with E-state index in [4.69, 9.17) is 5.11 Å². The summed E-state index contributed by atoms with van der Waals surface area (Å²) in [6.07, 6.45) is -0.699. The summed E-state index contributed by atoms with van der Waals surface area (Å²) in [6, 6.07) is 9.29. The number of benzene rings is 1. The third-order valence-corrected chi connectivity index (χ3v) is 2.10. The molecule has 0 heterocycles. The summed E-state index contributed by atoms with van der Waals surface area (Å²) < 4.78 is 25.3. The number of carboxylic acid groups (broad SMARTS) is 1. The van der Waals surface area contributed by atoms with Gasteiger partial charge in [-0.1, -0.05) is 30.3 Å². The minimum Gasteiger partial charge on any atom is -0.477 e. The molecule has 0 amide bonds. The van der Waals surface area contributed by atoms with Crippen molar-refractivity contribution in [2.45, 2.75) is 18.9 Å². The Morgan fingerprint density at radius 3 is 2.41 bits per heavy atom. The largest absolute Gasteiger partial charge is 0.477 e. The zero-order chi connectivity index (χ0) is 12.0. The van der Waals surface area contributed by atoms with Gasteiger partial charge >= 0.3 is 11.9 Å². The zero-order valence-electron chi connectivity index (χ0n) is 9.03. The molecule has 1 aromatic carbocycles. The number of hydrogen-bond donors (Lipinski definition) is 2. The molecule has 96 valence electrons. The number of carboxylic acids is 1. The second-order valence-electron chi connectivity index (χ2n) is 3.42. The van der Waals surface area contributed by atoms with Gasteiger partial charge in [0.2, 0.25) is 0 Å². The first-order valence-electron chi connectivity index (χ1n) is 4.88. The normalized spacial score (nSPS) is 10.7. The molecule has 2 N–H and O–H groups in total. The predicted octanol–water partition coefficient (Wildman–Crippen LogP) is 2.31. The molecule has 3 nitrogen and oxygen atoms in total. The molecule has 6 heteroatoms. The minimum absolute atomic E-state index is 0. The Morgan fingerprint density at radius 1 is 1.29 bits per heavy atom. The number of halogens is 3. The van der Waals surface area contributed by atoms with Crippen molar-refractivity contribution in [1.82, 2.24) is 5.32 Å². The third kappa shape index (κ3) is 5.60. The minimum atomic E-state index is -3.65. The first kappa shape index (κ1) is 15.8. The van der Waals surface area contributed by atoms with Crippen molar-refractivity contribution in [3.63, 3.8) is 0 Å². The van der Waals surface area contributed by atoms with Gasteiger partial charge in [0.05, 0.1) is 0 Å². The van der Waals surface area contributed by atoms with Crippen LogP contribution >= 0.6 is 12.4 Å². The molecule has 0 atom stereocenters. The highest BCUT2D eigenvalue weighted by Crippen LogP contribution is 2.17. The second kappa shape index (κ2) is 7.19. The number of nitrogens with one attached hydrogen (secondary N) is 1. The van der Waals surface area contributed by atoms with E-state index in [0.717, 1.165) is 5.56 Å². The second-order valence-corrected chi connectivity index (χ2v) is 3.42. The average Bonchev–Trinajstić information content (AvgIpc) is 2.26. The fourth-order valence-corrected chi connectivity index (χ4v) is 1.18. The lowest BCUT2D eigenvalue weighted by Crippen LogP contribution is -2.32. The van der Waals surface area contributed by atoms with E-state index in [-0.39, 0.29) is 19.0 Å². The Morgan fingerprint density at radius 2 is 1.88 bits per heavy atom. The lowest BCUT2D eigenvalue weighted by Gasteiger charge is -2.11. The van der Waals surface area contributed by atoms with Crippen LogP contribution in [0.5, 0.6) is 0 Å². The molecule has 17 heavy (non-hydrogen) atoms. The molecule has 0 spiro atoms. The Hall–Kier alpha value is -1.20. The van der Waals surface area contributed by atoms with Gasteiger partial charge in [0.15, 0.2) is 0 Å². The van der Waals surface area contributed by atoms with E-state index in [1.165, 1.54) is 0 Å². The standard InChI is InChI=1S/C11H13F2NO2.ClH/c12-11(13,10(15)16)6-7-14-8-9-4-2-1-3-5-9;/h1-5,14H,6-8H2,(H,15,16);1H. The highest BCUT2D eigenvalue weighted by molar-refractivity contribution is 5.85. The first-order chi connectivity index (χ1) is 7.52. The van der Waals surface area contributed by atoms with Gasteiger partial charge in [-0.25, -0.2) is 4.79 Å². The predicted molar refractivity (Wildman–Crippen MR) is 62.6 cm³/mol. The van der Waals surface area contributed by atoms with Gasteiger partial charge in [-0.05, 0) is 5.56 Å². The lowest BCUT2D eigenvalue weighted by atomic mass is 10.2. The maximum Gasteiger partial charge on any atom is 0.374 e. The maximum absolute atomic E-state index is 12.6. The lowest BCUT2D eigenvalue weighted by molar-refractivity contribution is -0.165. The molecule has 0 aliphatic carbocycles. The van der Waals surface area contributed by atoms with Crippen LogP contribution in [0.4, 0.5) is 8.78 Å². The van der Waals surface area contributed by atoms with E-state index in [2.05, 4.69) is 5.32 Å². The molecule has 0 aliphatic heterocycles. The van der Waals surface area contributed by atoms with Crippen LogP contribution in [0.15, 0.2) is 30.3 Å². The number of carbonyl (C=O) groups is 1. The van der Waals surface area contributed by atoms with E-state index in [9.17, 15) is 13.6 Å². The van der Waals surface area contributed by atoms with Crippen molar-refractivity contribution in [3.8, 4) is 0 Å². The van der Waals surface area contributed by atoms with Crippen LogP contribution in [0, 0.1) is 0 Å². The van der Waals surface area contributed by atoms with Gasteiger partial charge in [0.1, 0.15) is 0 Å². The van der Waals surface area contributed by atoms with E-state index in [1.807, 2.05) is 30.3 Å². The van der Waals surface area contributed by atoms with Crippen LogP contribution in [-0.4, -0.2) is 23.5 Å². The van der Waals surface area contributed by atoms with Crippen LogP contribution in [0.1, 0.15) is 12.0 Å². The zero-order valence-corrected chi connectivity index (χ0v) is 9.84. The van der Waals surface area contributed by atoms with Crippen molar-refractivity contribution in [1.29, 1.82) is 0 Å². The molecule has 0 radical (unpaired) electrons. The van der Waals surface area contributed by atoms with Crippen LogP contribution in [0.25, 0.3) is 0 Å². The average molecular weight is 266 g/mol. The summed E-state index contributed by atoms with van der Waals surface area (Å²) >= 11 is 0. The van der Waals surface area contributed by atoms with Crippen LogP contribution in [-0.2, 0) is 11.3 Å². The monoisotopic (exact) mass is 265 g/mol. The van der Waals surface area contributed by atoms with Crippen LogP contribution in [0.3, 0.4) is 0 Å². The summed E-state index contributed by atoms with van der Waals surface area (Å²) in [7, 11) is 0. The Labute approximate surface area is 104 Å². The molecule has 0 aromatic heterocycles. The Balaban J connectivity index is 0.00000256. The highest BCUT2D eigenvalue weighted by atomic mass is 35.5. The summed E-state index contributed by atoms with van der Waals surface area (Å²) in [6.45, 7) is 0.421. The van der Waals surface area contributed by atoms with Gasteiger partial charge < -0.3 is 10.4 Å². The van der Waals surface area contributed by atoms with Gasteiger partial charge in [-0.3, -0.25) is 0 Å². The fourth-order valence-electron chi connectivity index (χ4n) is 1.18.